The first kappa shape index (κ1) is 20.6. The van der Waals surface area contributed by atoms with E-state index in [1.807, 2.05) is 19.1 Å². The molecule has 1 atom stereocenters. The standard InChI is InChI=1S/C20H23N3O3S/c1-5-19(20(24)23(3)4)22-27(25,26)17-10-11-18(14(2)12-17)16-8-6-15(13-21)7-9-16/h6-12,19,22H,5H2,1-4H3. The zero-order chi connectivity index (χ0) is 20.2. The summed E-state index contributed by atoms with van der Waals surface area (Å²) in [6.07, 6.45) is 0.360. The maximum absolute atomic E-state index is 12.7. The molecule has 1 unspecified atom stereocenters. The summed E-state index contributed by atoms with van der Waals surface area (Å²) in [4.78, 5) is 13.6. The van der Waals surface area contributed by atoms with Crippen LogP contribution >= 0.6 is 0 Å². The van der Waals surface area contributed by atoms with Crippen LogP contribution in [0.15, 0.2) is 47.4 Å². The molecule has 0 aliphatic carbocycles. The summed E-state index contributed by atoms with van der Waals surface area (Å²) in [6, 6.07) is 13.2. The number of benzene rings is 2. The highest BCUT2D eigenvalue weighted by Crippen LogP contribution is 2.26. The lowest BCUT2D eigenvalue weighted by atomic mass is 10.00. The van der Waals surface area contributed by atoms with Gasteiger partial charge in [-0.05, 0) is 54.3 Å². The van der Waals surface area contributed by atoms with Gasteiger partial charge in [0.05, 0.1) is 16.5 Å². The highest BCUT2D eigenvalue weighted by atomic mass is 32.2. The van der Waals surface area contributed by atoms with E-state index in [1.54, 1.807) is 45.3 Å². The van der Waals surface area contributed by atoms with Crippen LogP contribution in [0.5, 0.6) is 0 Å². The second-order valence-corrected chi connectivity index (χ2v) is 8.19. The Labute approximate surface area is 160 Å². The molecule has 2 rings (SSSR count). The van der Waals surface area contributed by atoms with Crippen molar-refractivity contribution in [2.75, 3.05) is 14.1 Å². The van der Waals surface area contributed by atoms with Gasteiger partial charge in [-0.25, -0.2) is 8.42 Å². The van der Waals surface area contributed by atoms with Crippen LogP contribution in [0.25, 0.3) is 11.1 Å². The smallest absolute Gasteiger partial charge is 0.241 e. The van der Waals surface area contributed by atoms with E-state index >= 15 is 0 Å². The van der Waals surface area contributed by atoms with Crippen molar-refractivity contribution in [2.24, 2.45) is 0 Å². The van der Waals surface area contributed by atoms with Crippen LogP contribution in [0.2, 0.25) is 0 Å². The van der Waals surface area contributed by atoms with E-state index in [2.05, 4.69) is 10.8 Å². The molecule has 0 heterocycles. The topological polar surface area (TPSA) is 90.3 Å². The third kappa shape index (κ3) is 4.73. The number of hydrogen-bond acceptors (Lipinski definition) is 4. The first-order valence-corrected chi connectivity index (χ1v) is 10.0. The Hall–Kier alpha value is -2.69. The van der Waals surface area contributed by atoms with Gasteiger partial charge in [0.1, 0.15) is 6.04 Å². The van der Waals surface area contributed by atoms with Crippen molar-refractivity contribution in [1.82, 2.24) is 9.62 Å². The first-order valence-electron chi connectivity index (χ1n) is 8.54. The number of carbonyl (C=O) groups is 1. The molecular formula is C20H23N3O3S. The van der Waals surface area contributed by atoms with Gasteiger partial charge in [-0.15, -0.1) is 0 Å². The zero-order valence-corrected chi connectivity index (χ0v) is 16.7. The van der Waals surface area contributed by atoms with Gasteiger partial charge in [-0.1, -0.05) is 25.1 Å². The quantitative estimate of drug-likeness (QED) is 0.828. The van der Waals surface area contributed by atoms with E-state index in [-0.39, 0.29) is 10.8 Å². The highest BCUT2D eigenvalue weighted by molar-refractivity contribution is 7.89. The Balaban J connectivity index is 2.32. The minimum atomic E-state index is -3.82. The third-order valence-corrected chi connectivity index (χ3v) is 5.75. The molecule has 0 aliphatic rings. The number of sulfonamides is 1. The van der Waals surface area contributed by atoms with Crippen LogP contribution in [0.1, 0.15) is 24.5 Å². The number of aryl methyl sites for hydroxylation is 1. The molecule has 6 nitrogen and oxygen atoms in total. The fraction of sp³-hybridized carbons (Fsp3) is 0.300. The van der Waals surface area contributed by atoms with Crippen molar-refractivity contribution >= 4 is 15.9 Å². The molecule has 2 aromatic carbocycles. The molecule has 2 aromatic rings. The summed E-state index contributed by atoms with van der Waals surface area (Å²) < 4.78 is 27.9. The fourth-order valence-electron chi connectivity index (χ4n) is 2.73. The normalized spacial score (nSPS) is 12.3. The second kappa shape index (κ2) is 8.33. The Morgan fingerprint density at radius 3 is 2.30 bits per heavy atom. The summed E-state index contributed by atoms with van der Waals surface area (Å²) in [5, 5.41) is 8.89. The van der Waals surface area contributed by atoms with E-state index in [4.69, 9.17) is 5.26 Å². The lowest BCUT2D eigenvalue weighted by Gasteiger charge is -2.20. The Morgan fingerprint density at radius 1 is 1.19 bits per heavy atom. The Kier molecular flexibility index (Phi) is 6.37. The number of hydrogen-bond donors (Lipinski definition) is 1. The number of amides is 1. The molecule has 0 radical (unpaired) electrons. The van der Waals surface area contributed by atoms with Gasteiger partial charge in [0.15, 0.2) is 0 Å². The molecular weight excluding hydrogens is 362 g/mol. The van der Waals surface area contributed by atoms with Crippen molar-refractivity contribution in [1.29, 1.82) is 5.26 Å². The summed E-state index contributed by atoms with van der Waals surface area (Å²) in [5.74, 6) is -0.285. The monoisotopic (exact) mass is 385 g/mol. The van der Waals surface area contributed by atoms with Gasteiger partial charge >= 0.3 is 0 Å². The summed E-state index contributed by atoms with van der Waals surface area (Å²) in [7, 11) is -0.637. The van der Waals surface area contributed by atoms with Crippen molar-refractivity contribution in [3.05, 3.63) is 53.6 Å². The van der Waals surface area contributed by atoms with Crippen molar-refractivity contribution < 1.29 is 13.2 Å². The molecule has 0 bridgehead atoms. The minimum absolute atomic E-state index is 0.113. The lowest BCUT2D eigenvalue weighted by Crippen LogP contribution is -2.45. The molecule has 0 spiro atoms. The van der Waals surface area contributed by atoms with E-state index in [0.717, 1.165) is 16.7 Å². The van der Waals surface area contributed by atoms with Gasteiger partial charge in [-0.2, -0.15) is 9.98 Å². The molecule has 142 valence electrons. The van der Waals surface area contributed by atoms with E-state index < -0.39 is 16.1 Å². The maximum atomic E-state index is 12.7. The first-order chi connectivity index (χ1) is 12.7. The number of nitriles is 1. The van der Waals surface area contributed by atoms with E-state index in [0.29, 0.717) is 12.0 Å². The van der Waals surface area contributed by atoms with Crippen molar-refractivity contribution in [3.63, 3.8) is 0 Å². The largest absolute Gasteiger partial charge is 0.347 e. The van der Waals surface area contributed by atoms with Gasteiger partial charge in [0.25, 0.3) is 0 Å². The molecule has 0 aliphatic heterocycles. The lowest BCUT2D eigenvalue weighted by molar-refractivity contribution is -0.130. The fourth-order valence-corrected chi connectivity index (χ4v) is 4.08. The third-order valence-electron chi connectivity index (χ3n) is 4.28. The van der Waals surface area contributed by atoms with Gasteiger partial charge < -0.3 is 4.90 Å². The molecule has 0 fully saturated rings. The van der Waals surface area contributed by atoms with Crippen molar-refractivity contribution in [3.8, 4) is 17.2 Å². The average Bonchev–Trinajstić information content (AvgIpc) is 2.65. The Morgan fingerprint density at radius 2 is 1.81 bits per heavy atom. The van der Waals surface area contributed by atoms with Gasteiger partial charge in [-0.3, -0.25) is 4.79 Å². The highest BCUT2D eigenvalue weighted by Gasteiger charge is 2.25. The van der Waals surface area contributed by atoms with Crippen LogP contribution < -0.4 is 4.72 Å². The van der Waals surface area contributed by atoms with E-state index in [1.165, 1.54) is 11.0 Å². The van der Waals surface area contributed by atoms with E-state index in [9.17, 15) is 13.2 Å². The number of rotatable bonds is 6. The SMILES string of the molecule is CCC(NS(=O)(=O)c1ccc(-c2ccc(C#N)cc2)c(C)c1)C(=O)N(C)C. The number of carbonyl (C=O) groups excluding carboxylic acids is 1. The zero-order valence-electron chi connectivity index (χ0n) is 15.9. The Bertz CT molecular complexity index is 975. The van der Waals surface area contributed by atoms with Crippen LogP contribution in [-0.2, 0) is 14.8 Å². The summed E-state index contributed by atoms with van der Waals surface area (Å²) in [6.45, 7) is 3.59. The van der Waals surface area contributed by atoms with Crippen LogP contribution in [0, 0.1) is 18.3 Å². The van der Waals surface area contributed by atoms with Crippen LogP contribution in [0.4, 0.5) is 0 Å². The molecule has 1 amide bonds. The number of nitrogens with zero attached hydrogens (tertiary/aromatic N) is 2. The maximum Gasteiger partial charge on any atom is 0.241 e. The number of nitrogens with one attached hydrogen (secondary N) is 1. The summed E-state index contributed by atoms with van der Waals surface area (Å²) >= 11 is 0. The summed E-state index contributed by atoms with van der Waals surface area (Å²) in [5.41, 5.74) is 3.14. The van der Waals surface area contributed by atoms with Gasteiger partial charge in [0.2, 0.25) is 15.9 Å². The predicted octanol–water partition coefficient (Wildman–Crippen LogP) is 2.68. The average molecular weight is 385 g/mol. The molecule has 0 saturated heterocycles. The van der Waals surface area contributed by atoms with Crippen molar-refractivity contribution in [2.45, 2.75) is 31.2 Å². The van der Waals surface area contributed by atoms with Crippen LogP contribution in [0.3, 0.4) is 0 Å². The molecule has 27 heavy (non-hydrogen) atoms. The van der Waals surface area contributed by atoms with Gasteiger partial charge in [0, 0.05) is 14.1 Å². The molecule has 0 saturated carbocycles. The molecule has 7 heteroatoms. The number of likely N-dealkylation sites (N-methyl/N-ethyl adjacent to an activating group) is 1. The predicted molar refractivity (Wildman–Crippen MR) is 104 cm³/mol. The minimum Gasteiger partial charge on any atom is -0.347 e. The second-order valence-electron chi connectivity index (χ2n) is 6.48. The molecule has 0 aromatic heterocycles. The van der Waals surface area contributed by atoms with Crippen LogP contribution in [-0.4, -0.2) is 39.4 Å². The molecule has 1 N–H and O–H groups in total.